The Hall–Kier alpha value is -2.29. The predicted octanol–water partition coefficient (Wildman–Crippen LogP) is 1.86. The maximum absolute atomic E-state index is 12.1. The lowest BCUT2D eigenvalue weighted by Gasteiger charge is -2.23. The summed E-state index contributed by atoms with van der Waals surface area (Å²) in [6.07, 6.45) is -4.73. The standard InChI is InChI=1S/C14H18F3N3O3/c1-9(12(21)19-13(22)18-2)20(3)8-10-4-6-11(7-5-10)23-14(15,16)17/h4-7,9H,8H2,1-3H3,(H2,18,19,21,22)/t9-/m1/s1. The van der Waals surface area contributed by atoms with Gasteiger partial charge in [-0.25, -0.2) is 4.79 Å². The van der Waals surface area contributed by atoms with Gasteiger partial charge in [0.25, 0.3) is 0 Å². The van der Waals surface area contributed by atoms with E-state index in [2.05, 4.69) is 15.4 Å². The Labute approximate surface area is 131 Å². The van der Waals surface area contributed by atoms with Crippen molar-refractivity contribution in [1.82, 2.24) is 15.5 Å². The van der Waals surface area contributed by atoms with Crippen LogP contribution < -0.4 is 15.4 Å². The van der Waals surface area contributed by atoms with Crippen LogP contribution >= 0.6 is 0 Å². The van der Waals surface area contributed by atoms with E-state index in [1.165, 1.54) is 31.3 Å². The minimum Gasteiger partial charge on any atom is -0.406 e. The van der Waals surface area contributed by atoms with Gasteiger partial charge in [-0.15, -0.1) is 13.2 Å². The Balaban J connectivity index is 2.61. The molecular weight excluding hydrogens is 315 g/mol. The number of carbonyl (C=O) groups excluding carboxylic acids is 2. The molecule has 0 aliphatic rings. The number of carbonyl (C=O) groups is 2. The van der Waals surface area contributed by atoms with Crippen molar-refractivity contribution in [3.8, 4) is 5.75 Å². The van der Waals surface area contributed by atoms with Gasteiger partial charge >= 0.3 is 12.4 Å². The number of ether oxygens (including phenoxy) is 1. The third-order valence-corrected chi connectivity index (χ3v) is 3.09. The van der Waals surface area contributed by atoms with E-state index in [9.17, 15) is 22.8 Å². The molecule has 0 fully saturated rings. The Morgan fingerprint density at radius 2 is 1.83 bits per heavy atom. The molecule has 1 aromatic carbocycles. The fourth-order valence-corrected chi connectivity index (χ4v) is 1.70. The summed E-state index contributed by atoms with van der Waals surface area (Å²) in [5.74, 6) is -0.793. The number of urea groups is 1. The third-order valence-electron chi connectivity index (χ3n) is 3.09. The van der Waals surface area contributed by atoms with E-state index in [1.807, 2.05) is 0 Å². The molecule has 0 aliphatic carbocycles. The molecule has 23 heavy (non-hydrogen) atoms. The molecule has 0 spiro atoms. The van der Waals surface area contributed by atoms with Crippen LogP contribution in [0.5, 0.6) is 5.75 Å². The molecule has 0 saturated heterocycles. The smallest absolute Gasteiger partial charge is 0.406 e. The Morgan fingerprint density at radius 1 is 1.26 bits per heavy atom. The number of amides is 3. The van der Waals surface area contributed by atoms with Gasteiger partial charge in [-0.05, 0) is 31.7 Å². The molecule has 2 N–H and O–H groups in total. The van der Waals surface area contributed by atoms with Gasteiger partial charge in [-0.3, -0.25) is 15.0 Å². The van der Waals surface area contributed by atoms with Crippen molar-refractivity contribution in [3.05, 3.63) is 29.8 Å². The molecule has 0 unspecified atom stereocenters. The molecule has 0 radical (unpaired) electrons. The maximum atomic E-state index is 12.1. The third kappa shape index (κ3) is 6.55. The van der Waals surface area contributed by atoms with Gasteiger partial charge in [0.05, 0.1) is 6.04 Å². The lowest BCUT2D eigenvalue weighted by atomic mass is 10.2. The molecule has 0 aliphatic heterocycles. The van der Waals surface area contributed by atoms with Crippen molar-refractivity contribution < 1.29 is 27.5 Å². The average molecular weight is 333 g/mol. The fraction of sp³-hybridized carbons (Fsp3) is 0.429. The summed E-state index contributed by atoms with van der Waals surface area (Å²) < 4.78 is 40.0. The normalized spacial score (nSPS) is 12.7. The van der Waals surface area contributed by atoms with Crippen LogP contribution in [0.1, 0.15) is 12.5 Å². The van der Waals surface area contributed by atoms with Gasteiger partial charge in [-0.1, -0.05) is 12.1 Å². The zero-order valence-corrected chi connectivity index (χ0v) is 12.9. The first-order valence-electron chi connectivity index (χ1n) is 6.70. The average Bonchev–Trinajstić information content (AvgIpc) is 2.46. The summed E-state index contributed by atoms with van der Waals surface area (Å²) in [5.41, 5.74) is 0.696. The summed E-state index contributed by atoms with van der Waals surface area (Å²) in [6, 6.07) is 4.14. The summed E-state index contributed by atoms with van der Waals surface area (Å²) in [6.45, 7) is 1.92. The van der Waals surface area contributed by atoms with Gasteiger partial charge in [0, 0.05) is 13.6 Å². The lowest BCUT2D eigenvalue weighted by Crippen LogP contribution is -2.47. The van der Waals surface area contributed by atoms with Crippen LogP contribution in [-0.2, 0) is 11.3 Å². The van der Waals surface area contributed by atoms with Gasteiger partial charge in [0.1, 0.15) is 5.75 Å². The number of nitrogens with one attached hydrogen (secondary N) is 2. The predicted molar refractivity (Wildman–Crippen MR) is 76.7 cm³/mol. The maximum Gasteiger partial charge on any atom is 0.573 e. The second-order valence-electron chi connectivity index (χ2n) is 4.85. The highest BCUT2D eigenvalue weighted by Crippen LogP contribution is 2.23. The van der Waals surface area contributed by atoms with Crippen molar-refractivity contribution in [1.29, 1.82) is 0 Å². The van der Waals surface area contributed by atoms with Crippen LogP contribution in [0.3, 0.4) is 0 Å². The molecule has 1 aromatic rings. The van der Waals surface area contributed by atoms with E-state index in [-0.39, 0.29) is 5.75 Å². The van der Waals surface area contributed by atoms with Crippen molar-refractivity contribution in [2.45, 2.75) is 25.9 Å². The number of rotatable bonds is 5. The summed E-state index contributed by atoms with van der Waals surface area (Å²) >= 11 is 0. The van der Waals surface area contributed by atoms with Crippen LogP contribution in [0.4, 0.5) is 18.0 Å². The number of benzene rings is 1. The number of likely N-dealkylation sites (N-methyl/N-ethyl adjacent to an activating group) is 1. The minimum absolute atomic E-state index is 0.311. The van der Waals surface area contributed by atoms with Crippen molar-refractivity contribution in [2.24, 2.45) is 0 Å². The lowest BCUT2D eigenvalue weighted by molar-refractivity contribution is -0.274. The van der Waals surface area contributed by atoms with E-state index >= 15 is 0 Å². The van der Waals surface area contributed by atoms with Gasteiger partial charge in [-0.2, -0.15) is 0 Å². The molecule has 128 valence electrons. The van der Waals surface area contributed by atoms with Crippen LogP contribution in [0, 0.1) is 0 Å². The number of imide groups is 1. The molecule has 0 bridgehead atoms. The van der Waals surface area contributed by atoms with E-state index in [1.54, 1.807) is 18.9 Å². The monoisotopic (exact) mass is 333 g/mol. The minimum atomic E-state index is -4.73. The number of hydrogen-bond donors (Lipinski definition) is 2. The molecule has 0 heterocycles. The molecule has 3 amide bonds. The summed E-state index contributed by atoms with van der Waals surface area (Å²) in [4.78, 5) is 24.5. The van der Waals surface area contributed by atoms with E-state index in [0.717, 1.165) is 0 Å². The van der Waals surface area contributed by atoms with E-state index in [4.69, 9.17) is 0 Å². The molecule has 1 rings (SSSR count). The topological polar surface area (TPSA) is 70.7 Å². The van der Waals surface area contributed by atoms with Crippen molar-refractivity contribution >= 4 is 11.9 Å². The Morgan fingerprint density at radius 3 is 2.30 bits per heavy atom. The zero-order chi connectivity index (χ0) is 17.6. The molecular formula is C14H18F3N3O3. The highest BCUT2D eigenvalue weighted by Gasteiger charge is 2.31. The van der Waals surface area contributed by atoms with Gasteiger partial charge in [0.2, 0.25) is 5.91 Å². The van der Waals surface area contributed by atoms with Crippen LogP contribution in [0.25, 0.3) is 0 Å². The number of nitrogens with zero attached hydrogens (tertiary/aromatic N) is 1. The van der Waals surface area contributed by atoms with Crippen molar-refractivity contribution in [2.75, 3.05) is 14.1 Å². The number of alkyl halides is 3. The molecule has 1 atom stereocenters. The highest BCUT2D eigenvalue weighted by atomic mass is 19.4. The Kier molecular flexibility index (Phi) is 6.38. The first-order valence-corrected chi connectivity index (χ1v) is 6.70. The summed E-state index contributed by atoms with van der Waals surface area (Å²) in [5, 5.41) is 4.42. The molecule has 6 nitrogen and oxygen atoms in total. The van der Waals surface area contributed by atoms with Gasteiger partial charge in [0.15, 0.2) is 0 Å². The fourth-order valence-electron chi connectivity index (χ4n) is 1.70. The molecule has 9 heteroatoms. The van der Waals surface area contributed by atoms with Crippen LogP contribution in [0.15, 0.2) is 24.3 Å². The largest absolute Gasteiger partial charge is 0.573 e. The van der Waals surface area contributed by atoms with Crippen LogP contribution in [0.2, 0.25) is 0 Å². The van der Waals surface area contributed by atoms with E-state index in [0.29, 0.717) is 12.1 Å². The number of halogens is 3. The highest BCUT2D eigenvalue weighted by molar-refractivity contribution is 5.96. The van der Waals surface area contributed by atoms with E-state index < -0.39 is 24.3 Å². The Bertz CT molecular complexity index is 546. The molecule has 0 aromatic heterocycles. The van der Waals surface area contributed by atoms with Crippen LogP contribution in [-0.4, -0.2) is 43.3 Å². The summed E-state index contributed by atoms with van der Waals surface area (Å²) in [7, 11) is 3.05. The molecule has 0 saturated carbocycles. The van der Waals surface area contributed by atoms with Gasteiger partial charge < -0.3 is 10.1 Å². The zero-order valence-electron chi connectivity index (χ0n) is 12.9. The SMILES string of the molecule is CNC(=O)NC(=O)[C@@H](C)N(C)Cc1ccc(OC(F)(F)F)cc1. The second kappa shape index (κ2) is 7.82. The number of hydrogen-bond acceptors (Lipinski definition) is 4. The quantitative estimate of drug-likeness (QED) is 0.863. The second-order valence-corrected chi connectivity index (χ2v) is 4.85. The first-order chi connectivity index (χ1) is 10.6. The first kappa shape index (κ1) is 18.8. The van der Waals surface area contributed by atoms with Crippen molar-refractivity contribution in [3.63, 3.8) is 0 Å².